The fourth-order valence-corrected chi connectivity index (χ4v) is 3.58. The van der Waals surface area contributed by atoms with E-state index in [1.54, 1.807) is 6.07 Å². The van der Waals surface area contributed by atoms with Gasteiger partial charge in [-0.05, 0) is 34.5 Å². The van der Waals surface area contributed by atoms with Gasteiger partial charge in [0.15, 0.2) is 0 Å². The van der Waals surface area contributed by atoms with E-state index in [1.807, 2.05) is 42.5 Å². The molecule has 0 saturated heterocycles. The third-order valence-corrected chi connectivity index (χ3v) is 5.14. The Kier molecular flexibility index (Phi) is 4.09. The zero-order chi connectivity index (χ0) is 19.8. The van der Waals surface area contributed by atoms with Gasteiger partial charge < -0.3 is 0 Å². The number of nitrogens with one attached hydrogen (secondary N) is 2. The van der Waals surface area contributed by atoms with Gasteiger partial charge in [0.1, 0.15) is 0 Å². The fourth-order valence-electron chi connectivity index (χ4n) is 3.58. The number of H-pyrrole nitrogens is 1. The molecule has 29 heavy (non-hydrogen) atoms. The third kappa shape index (κ3) is 3.25. The maximum Gasteiger partial charge on any atom is 0.271 e. The second kappa shape index (κ2) is 6.91. The summed E-state index contributed by atoms with van der Waals surface area (Å²) in [5.74, 6) is -0.0653. The molecule has 0 radical (unpaired) electrons. The monoisotopic (exact) mass is 382 g/mol. The van der Waals surface area contributed by atoms with Crippen LogP contribution in [-0.4, -0.2) is 21.4 Å². The quantitative estimate of drug-likeness (QED) is 0.568. The van der Waals surface area contributed by atoms with Crippen LogP contribution in [0, 0.1) is 0 Å². The molecule has 0 aliphatic carbocycles. The number of carbonyl (C=O) groups excluding carboxylic acids is 1. The smallest absolute Gasteiger partial charge is 0.271 e. The van der Waals surface area contributed by atoms with Crippen molar-refractivity contribution < 1.29 is 4.79 Å². The molecule has 0 unspecified atom stereocenters. The summed E-state index contributed by atoms with van der Waals surface area (Å²) < 4.78 is 1.53. The van der Waals surface area contributed by atoms with Gasteiger partial charge in [0.2, 0.25) is 5.91 Å². The zero-order valence-electron chi connectivity index (χ0n) is 15.6. The molecule has 6 heteroatoms. The van der Waals surface area contributed by atoms with Crippen LogP contribution in [0.1, 0.15) is 18.4 Å². The van der Waals surface area contributed by atoms with Gasteiger partial charge in [0, 0.05) is 24.5 Å². The van der Waals surface area contributed by atoms with E-state index in [0.717, 1.165) is 39.0 Å². The van der Waals surface area contributed by atoms with Gasteiger partial charge in [0.05, 0.1) is 17.1 Å². The van der Waals surface area contributed by atoms with Crippen molar-refractivity contribution >= 4 is 22.4 Å². The standard InChI is InChI=1S/C23H18N4O2/c28-22-12-11-20(24-25-22)16-7-9-19(10-8-16)27-23(29)14-21(26-27)18-6-5-15-3-1-2-4-17(15)13-18/h1-10,13-14,26H,11-12H2,(H,25,28). The van der Waals surface area contributed by atoms with Crippen molar-refractivity contribution in [3.8, 4) is 16.9 Å². The Morgan fingerprint density at radius 1 is 0.793 bits per heavy atom. The number of amides is 1. The SMILES string of the molecule is O=C1CCC(c2ccc(-n3[nH]c(-c4ccc5ccccc5c4)cc3=O)cc2)=NN1. The first-order valence-electron chi connectivity index (χ1n) is 9.45. The van der Waals surface area contributed by atoms with Gasteiger partial charge in [-0.1, -0.05) is 48.5 Å². The molecule has 1 aliphatic heterocycles. The summed E-state index contributed by atoms with van der Waals surface area (Å²) in [4.78, 5) is 23.8. The minimum absolute atomic E-state index is 0.0653. The molecule has 1 amide bonds. The maximum absolute atomic E-state index is 12.6. The van der Waals surface area contributed by atoms with E-state index in [-0.39, 0.29) is 11.5 Å². The van der Waals surface area contributed by atoms with Gasteiger partial charge in [-0.25, -0.2) is 10.1 Å². The number of hydrogen-bond donors (Lipinski definition) is 2. The number of hydrogen-bond acceptors (Lipinski definition) is 3. The maximum atomic E-state index is 12.6. The van der Waals surface area contributed by atoms with Crippen molar-refractivity contribution in [3.05, 3.63) is 88.7 Å². The lowest BCUT2D eigenvalue weighted by atomic mass is 10.0. The Labute approximate surface area is 166 Å². The first-order valence-corrected chi connectivity index (χ1v) is 9.45. The number of benzene rings is 3. The van der Waals surface area contributed by atoms with Crippen LogP contribution in [0.4, 0.5) is 0 Å². The summed E-state index contributed by atoms with van der Waals surface area (Å²) in [6, 6.07) is 23.5. The van der Waals surface area contributed by atoms with E-state index >= 15 is 0 Å². The van der Waals surface area contributed by atoms with Crippen LogP contribution in [0.25, 0.3) is 27.7 Å². The third-order valence-electron chi connectivity index (χ3n) is 5.14. The summed E-state index contributed by atoms with van der Waals surface area (Å²) in [7, 11) is 0. The number of nitrogens with zero attached hydrogens (tertiary/aromatic N) is 2. The highest BCUT2D eigenvalue weighted by Gasteiger charge is 2.14. The summed E-state index contributed by atoms with van der Waals surface area (Å²) in [5, 5.41) is 9.60. The highest BCUT2D eigenvalue weighted by atomic mass is 16.2. The average molecular weight is 382 g/mol. The first-order chi connectivity index (χ1) is 14.2. The van der Waals surface area contributed by atoms with Crippen LogP contribution in [0.3, 0.4) is 0 Å². The van der Waals surface area contributed by atoms with Gasteiger partial charge in [0.25, 0.3) is 5.56 Å². The van der Waals surface area contributed by atoms with Crippen molar-refractivity contribution in [1.29, 1.82) is 0 Å². The second-order valence-electron chi connectivity index (χ2n) is 7.05. The number of rotatable bonds is 3. The summed E-state index contributed by atoms with van der Waals surface area (Å²) in [6.45, 7) is 0. The lowest BCUT2D eigenvalue weighted by Gasteiger charge is -2.12. The van der Waals surface area contributed by atoms with Crippen LogP contribution in [0.15, 0.2) is 82.7 Å². The second-order valence-corrected chi connectivity index (χ2v) is 7.05. The van der Waals surface area contributed by atoms with Crippen molar-refractivity contribution in [1.82, 2.24) is 15.2 Å². The molecule has 3 aromatic carbocycles. The topological polar surface area (TPSA) is 79.2 Å². The predicted octanol–water partition coefficient (Wildman–Crippen LogP) is 3.60. The molecule has 0 spiro atoms. The highest BCUT2D eigenvalue weighted by Crippen LogP contribution is 2.23. The molecule has 4 aromatic rings. The fraction of sp³-hybridized carbons (Fsp3) is 0.0870. The zero-order valence-corrected chi connectivity index (χ0v) is 15.6. The van der Waals surface area contributed by atoms with E-state index in [1.165, 1.54) is 4.68 Å². The Morgan fingerprint density at radius 2 is 1.55 bits per heavy atom. The van der Waals surface area contributed by atoms with E-state index in [0.29, 0.717) is 12.8 Å². The molecule has 1 aromatic heterocycles. The van der Waals surface area contributed by atoms with Crippen molar-refractivity contribution in [3.63, 3.8) is 0 Å². The molecule has 0 fully saturated rings. The van der Waals surface area contributed by atoms with Gasteiger partial charge in [-0.3, -0.25) is 14.7 Å². The van der Waals surface area contributed by atoms with E-state index < -0.39 is 0 Å². The normalized spacial score (nSPS) is 13.9. The van der Waals surface area contributed by atoms with E-state index in [9.17, 15) is 9.59 Å². The molecule has 142 valence electrons. The van der Waals surface area contributed by atoms with Crippen molar-refractivity contribution in [2.24, 2.45) is 5.10 Å². The molecular weight excluding hydrogens is 364 g/mol. The molecule has 0 bridgehead atoms. The van der Waals surface area contributed by atoms with Crippen molar-refractivity contribution in [2.75, 3.05) is 0 Å². The van der Waals surface area contributed by atoms with E-state index in [4.69, 9.17) is 0 Å². The van der Waals surface area contributed by atoms with Crippen LogP contribution in [-0.2, 0) is 4.79 Å². The van der Waals surface area contributed by atoms with Gasteiger partial charge in [-0.2, -0.15) is 5.10 Å². The molecule has 5 rings (SSSR count). The number of carbonyl (C=O) groups is 1. The first kappa shape index (κ1) is 17.2. The molecule has 6 nitrogen and oxygen atoms in total. The molecular formula is C23H18N4O2. The van der Waals surface area contributed by atoms with Crippen LogP contribution in [0.2, 0.25) is 0 Å². The average Bonchev–Trinajstić information content (AvgIpc) is 3.16. The number of fused-ring (bicyclic) bond motifs is 1. The van der Waals surface area contributed by atoms with Crippen molar-refractivity contribution in [2.45, 2.75) is 12.8 Å². The minimum atomic E-state index is -0.122. The summed E-state index contributed by atoms with van der Waals surface area (Å²) in [6.07, 6.45) is 1.05. The molecule has 2 heterocycles. The molecule has 2 N–H and O–H groups in total. The highest BCUT2D eigenvalue weighted by molar-refractivity contribution is 6.04. The largest absolute Gasteiger partial charge is 0.290 e. The minimum Gasteiger partial charge on any atom is -0.290 e. The number of hydrazone groups is 1. The molecule has 1 aliphatic rings. The Balaban J connectivity index is 1.47. The Hall–Kier alpha value is -3.93. The van der Waals surface area contributed by atoms with Crippen LogP contribution >= 0.6 is 0 Å². The van der Waals surface area contributed by atoms with Crippen LogP contribution < -0.4 is 11.0 Å². The Morgan fingerprint density at radius 3 is 2.31 bits per heavy atom. The number of aromatic amines is 1. The summed E-state index contributed by atoms with van der Waals surface area (Å²) >= 11 is 0. The van der Waals surface area contributed by atoms with Gasteiger partial charge in [-0.15, -0.1) is 0 Å². The van der Waals surface area contributed by atoms with Crippen LogP contribution in [0.5, 0.6) is 0 Å². The molecule has 0 atom stereocenters. The number of aromatic nitrogens is 2. The predicted molar refractivity (Wildman–Crippen MR) is 113 cm³/mol. The molecule has 0 saturated carbocycles. The lowest BCUT2D eigenvalue weighted by Crippen LogP contribution is -2.25. The lowest BCUT2D eigenvalue weighted by molar-refractivity contribution is -0.121. The van der Waals surface area contributed by atoms with Gasteiger partial charge >= 0.3 is 0 Å². The Bertz CT molecular complexity index is 1310. The van der Waals surface area contributed by atoms with E-state index in [2.05, 4.69) is 39.9 Å². The summed E-state index contributed by atoms with van der Waals surface area (Å²) in [5.41, 5.74) is 6.63.